The van der Waals surface area contributed by atoms with Gasteiger partial charge in [-0.15, -0.1) is 0 Å². The number of rotatable bonds is 4. The fourth-order valence-corrected chi connectivity index (χ4v) is 4.01. The van der Waals surface area contributed by atoms with Gasteiger partial charge >= 0.3 is 6.03 Å². The van der Waals surface area contributed by atoms with Crippen LogP contribution in [0, 0.1) is 0 Å². The van der Waals surface area contributed by atoms with Gasteiger partial charge in [0.25, 0.3) is 5.91 Å². The summed E-state index contributed by atoms with van der Waals surface area (Å²) < 4.78 is 7.22. The topological polar surface area (TPSA) is 79.7 Å². The van der Waals surface area contributed by atoms with E-state index in [4.69, 9.17) is 4.74 Å². The van der Waals surface area contributed by atoms with E-state index in [9.17, 15) is 9.59 Å². The molecular formula is C21H27N5O3. The average molecular weight is 397 g/mol. The minimum Gasteiger partial charge on any atom is -0.494 e. The smallest absolute Gasteiger partial charge is 0.322 e. The van der Waals surface area contributed by atoms with Crippen molar-refractivity contribution in [2.24, 2.45) is 7.05 Å². The lowest BCUT2D eigenvalue weighted by Crippen LogP contribution is -2.40. The van der Waals surface area contributed by atoms with Crippen LogP contribution in [0.5, 0.6) is 5.75 Å². The molecule has 1 fully saturated rings. The number of likely N-dealkylation sites (tertiary alicyclic amines) is 1. The summed E-state index contributed by atoms with van der Waals surface area (Å²) in [4.78, 5) is 29.3. The van der Waals surface area contributed by atoms with Crippen LogP contribution in [-0.4, -0.2) is 57.8 Å². The summed E-state index contributed by atoms with van der Waals surface area (Å²) in [6, 6.07) is 7.14. The molecule has 2 aliphatic rings. The van der Waals surface area contributed by atoms with Gasteiger partial charge in [0, 0.05) is 50.0 Å². The van der Waals surface area contributed by atoms with Crippen molar-refractivity contribution in [2.45, 2.75) is 32.7 Å². The minimum atomic E-state index is -0.178. The Hall–Kier alpha value is -3.03. The van der Waals surface area contributed by atoms with Crippen LogP contribution < -0.4 is 10.1 Å². The molecule has 2 aromatic rings. The van der Waals surface area contributed by atoms with Crippen LogP contribution in [0.15, 0.2) is 24.3 Å². The number of nitrogens with one attached hydrogen (secondary N) is 1. The van der Waals surface area contributed by atoms with E-state index >= 15 is 0 Å². The lowest BCUT2D eigenvalue weighted by molar-refractivity contribution is 0.0784. The Balaban J connectivity index is 1.47. The Morgan fingerprint density at radius 2 is 1.83 bits per heavy atom. The highest BCUT2D eigenvalue weighted by atomic mass is 16.5. The summed E-state index contributed by atoms with van der Waals surface area (Å²) in [5, 5.41) is 7.43. The maximum Gasteiger partial charge on any atom is 0.322 e. The van der Waals surface area contributed by atoms with E-state index in [1.54, 1.807) is 9.58 Å². The average Bonchev–Trinajstić information content (AvgIpc) is 3.37. The Morgan fingerprint density at radius 1 is 1.10 bits per heavy atom. The van der Waals surface area contributed by atoms with Gasteiger partial charge in [0.15, 0.2) is 5.69 Å². The Labute approximate surface area is 170 Å². The summed E-state index contributed by atoms with van der Waals surface area (Å²) in [5.74, 6) is 0.752. The second kappa shape index (κ2) is 8.14. The molecule has 0 atom stereocenters. The first-order valence-electron chi connectivity index (χ1n) is 10.2. The first-order valence-corrected chi connectivity index (χ1v) is 10.2. The van der Waals surface area contributed by atoms with Gasteiger partial charge in [-0.05, 0) is 44.0 Å². The van der Waals surface area contributed by atoms with E-state index in [1.165, 1.54) is 0 Å². The van der Waals surface area contributed by atoms with Crippen molar-refractivity contribution >= 4 is 17.6 Å². The molecule has 1 aromatic heterocycles. The number of aromatic nitrogens is 2. The van der Waals surface area contributed by atoms with Crippen LogP contribution >= 0.6 is 0 Å². The molecule has 8 heteroatoms. The number of hydrogen-bond donors (Lipinski definition) is 1. The van der Waals surface area contributed by atoms with Crippen LogP contribution in [-0.2, 0) is 20.0 Å². The highest BCUT2D eigenvalue weighted by Crippen LogP contribution is 2.25. The van der Waals surface area contributed by atoms with Gasteiger partial charge in [-0.2, -0.15) is 5.10 Å². The molecule has 0 aliphatic carbocycles. The second-order valence-corrected chi connectivity index (χ2v) is 7.46. The van der Waals surface area contributed by atoms with Gasteiger partial charge in [0.1, 0.15) is 5.75 Å². The summed E-state index contributed by atoms with van der Waals surface area (Å²) >= 11 is 0. The van der Waals surface area contributed by atoms with Crippen molar-refractivity contribution in [3.63, 3.8) is 0 Å². The van der Waals surface area contributed by atoms with E-state index in [0.717, 1.165) is 42.9 Å². The van der Waals surface area contributed by atoms with Crippen molar-refractivity contribution in [3.05, 3.63) is 41.2 Å². The zero-order valence-electron chi connectivity index (χ0n) is 17.0. The number of fused-ring (bicyclic) bond motifs is 1. The molecule has 0 spiro atoms. The van der Waals surface area contributed by atoms with Gasteiger partial charge in [0.05, 0.1) is 13.2 Å². The maximum absolute atomic E-state index is 12.9. The molecule has 1 N–H and O–H groups in total. The molecule has 8 nitrogen and oxygen atoms in total. The third kappa shape index (κ3) is 3.92. The lowest BCUT2D eigenvalue weighted by atomic mass is 10.0. The summed E-state index contributed by atoms with van der Waals surface area (Å²) in [7, 11) is 1.87. The van der Waals surface area contributed by atoms with Gasteiger partial charge in [-0.3, -0.25) is 9.48 Å². The molecule has 3 amide bonds. The quantitative estimate of drug-likeness (QED) is 0.860. The first kappa shape index (κ1) is 19.3. The Kier molecular flexibility index (Phi) is 5.42. The van der Waals surface area contributed by atoms with Crippen LogP contribution in [0.3, 0.4) is 0 Å². The van der Waals surface area contributed by atoms with Gasteiger partial charge < -0.3 is 19.9 Å². The van der Waals surface area contributed by atoms with Crippen molar-refractivity contribution in [2.75, 3.05) is 31.6 Å². The second-order valence-electron chi connectivity index (χ2n) is 7.46. The predicted molar refractivity (Wildman–Crippen MR) is 109 cm³/mol. The number of anilines is 1. The fourth-order valence-electron chi connectivity index (χ4n) is 4.01. The van der Waals surface area contributed by atoms with E-state index in [-0.39, 0.29) is 11.9 Å². The normalized spacial score (nSPS) is 15.9. The minimum absolute atomic E-state index is 0.0203. The predicted octanol–water partition coefficient (Wildman–Crippen LogP) is 2.65. The number of urea groups is 1. The molecule has 0 saturated carbocycles. The molecule has 1 saturated heterocycles. The molecule has 2 aliphatic heterocycles. The lowest BCUT2D eigenvalue weighted by Gasteiger charge is -2.28. The standard InChI is InChI=1S/C21H27N5O3/c1-3-29-16-8-6-15(7-9-16)22-21(28)26-13-10-18-17(14-26)19(23-24(18)2)20(27)25-11-4-5-12-25/h6-9H,3-5,10-14H2,1-2H3,(H,22,28). The van der Waals surface area contributed by atoms with E-state index < -0.39 is 0 Å². The van der Waals surface area contributed by atoms with E-state index in [1.807, 2.05) is 43.1 Å². The Morgan fingerprint density at radius 3 is 2.52 bits per heavy atom. The van der Waals surface area contributed by atoms with Crippen molar-refractivity contribution in [1.82, 2.24) is 19.6 Å². The molecule has 29 heavy (non-hydrogen) atoms. The number of nitrogens with zero attached hydrogens (tertiary/aromatic N) is 4. The zero-order chi connectivity index (χ0) is 20.4. The molecule has 3 heterocycles. The van der Waals surface area contributed by atoms with Crippen molar-refractivity contribution in [1.29, 1.82) is 0 Å². The van der Waals surface area contributed by atoms with E-state index in [2.05, 4.69) is 10.4 Å². The number of amides is 3. The molecule has 1 aromatic carbocycles. The van der Waals surface area contributed by atoms with Crippen LogP contribution in [0.1, 0.15) is 41.5 Å². The zero-order valence-corrected chi connectivity index (χ0v) is 17.0. The largest absolute Gasteiger partial charge is 0.494 e. The fraction of sp³-hybridized carbons (Fsp3) is 0.476. The molecular weight excluding hydrogens is 370 g/mol. The summed E-state index contributed by atoms with van der Waals surface area (Å²) in [5.41, 5.74) is 3.11. The Bertz CT molecular complexity index is 900. The number of benzene rings is 1. The number of carbonyl (C=O) groups excluding carboxylic acids is 2. The van der Waals surface area contributed by atoms with Gasteiger partial charge in [-0.1, -0.05) is 0 Å². The SMILES string of the molecule is CCOc1ccc(NC(=O)N2CCc3c(c(C(=O)N4CCCC4)nn3C)C2)cc1. The monoisotopic (exact) mass is 397 g/mol. The van der Waals surface area contributed by atoms with Crippen molar-refractivity contribution < 1.29 is 14.3 Å². The van der Waals surface area contributed by atoms with Crippen LogP contribution in [0.2, 0.25) is 0 Å². The third-order valence-corrected chi connectivity index (χ3v) is 5.54. The van der Waals surface area contributed by atoms with Gasteiger partial charge in [0.2, 0.25) is 0 Å². The number of carbonyl (C=O) groups is 2. The highest BCUT2D eigenvalue weighted by molar-refractivity contribution is 5.95. The molecule has 4 rings (SSSR count). The number of aryl methyl sites for hydroxylation is 1. The van der Waals surface area contributed by atoms with Gasteiger partial charge in [-0.25, -0.2) is 4.79 Å². The number of hydrogen-bond acceptors (Lipinski definition) is 4. The number of ether oxygens (including phenoxy) is 1. The first-order chi connectivity index (χ1) is 14.1. The third-order valence-electron chi connectivity index (χ3n) is 5.54. The maximum atomic E-state index is 12.9. The summed E-state index contributed by atoms with van der Waals surface area (Å²) in [6.45, 7) is 5.08. The molecule has 0 unspecified atom stereocenters. The molecule has 0 bridgehead atoms. The van der Waals surface area contributed by atoms with E-state index in [0.29, 0.717) is 37.5 Å². The van der Waals surface area contributed by atoms with Crippen molar-refractivity contribution in [3.8, 4) is 5.75 Å². The van der Waals surface area contributed by atoms with Crippen LogP contribution in [0.25, 0.3) is 0 Å². The summed E-state index contributed by atoms with van der Waals surface area (Å²) in [6.07, 6.45) is 2.76. The highest BCUT2D eigenvalue weighted by Gasteiger charge is 2.32. The van der Waals surface area contributed by atoms with Crippen LogP contribution in [0.4, 0.5) is 10.5 Å². The molecule has 154 valence electrons. The molecule has 0 radical (unpaired) electrons.